The van der Waals surface area contributed by atoms with Gasteiger partial charge in [0.2, 0.25) is 0 Å². The second-order valence-electron chi connectivity index (χ2n) is 9.29. The number of carbonyl (C=O) groups excluding carboxylic acids is 1. The minimum Gasteiger partial charge on any atom is -0.370 e. The van der Waals surface area contributed by atoms with Gasteiger partial charge in [0.1, 0.15) is 5.78 Å². The summed E-state index contributed by atoms with van der Waals surface area (Å²) in [6, 6.07) is 0. The zero-order valence-electron chi connectivity index (χ0n) is 24.4. The van der Waals surface area contributed by atoms with Gasteiger partial charge in [-0.2, -0.15) is 0 Å². The number of carbonyl (C=O) groups is 1. The van der Waals surface area contributed by atoms with E-state index in [-0.39, 0.29) is 5.78 Å². The highest BCUT2D eigenvalue weighted by atomic mass is 16.1. The molecule has 38 heavy (non-hydrogen) atoms. The SMILES string of the molecule is CN=C(N)NCCCN(CCCCN(CCCNC(N)=NC)CCCNC(N)=NC)CCCNCC(C)=O. The lowest BCUT2D eigenvalue weighted by Gasteiger charge is -2.25. The van der Waals surface area contributed by atoms with Gasteiger partial charge >= 0.3 is 0 Å². The molecule has 0 bridgehead atoms. The first-order valence-corrected chi connectivity index (χ1v) is 13.9. The van der Waals surface area contributed by atoms with Gasteiger partial charge in [0.05, 0.1) is 6.54 Å². The van der Waals surface area contributed by atoms with Gasteiger partial charge in [0.15, 0.2) is 17.9 Å². The van der Waals surface area contributed by atoms with E-state index < -0.39 is 0 Å². The Morgan fingerprint density at radius 3 is 1.21 bits per heavy atom. The average Bonchev–Trinajstić information content (AvgIpc) is 2.91. The highest BCUT2D eigenvalue weighted by molar-refractivity contribution is 5.78. The maximum atomic E-state index is 11.1. The Morgan fingerprint density at radius 1 is 0.579 bits per heavy atom. The zero-order valence-corrected chi connectivity index (χ0v) is 24.4. The third kappa shape index (κ3) is 22.5. The van der Waals surface area contributed by atoms with Crippen molar-refractivity contribution in [2.75, 3.05) is 93.1 Å². The smallest absolute Gasteiger partial charge is 0.188 e. The van der Waals surface area contributed by atoms with Gasteiger partial charge in [-0.15, -0.1) is 0 Å². The third-order valence-electron chi connectivity index (χ3n) is 5.99. The van der Waals surface area contributed by atoms with Gasteiger partial charge < -0.3 is 48.3 Å². The first kappa shape index (κ1) is 35.4. The molecule has 0 amide bonds. The fourth-order valence-electron chi connectivity index (χ4n) is 3.83. The minimum absolute atomic E-state index is 0.170. The Bertz CT molecular complexity index is 657. The lowest BCUT2D eigenvalue weighted by atomic mass is 10.2. The molecule has 10 N–H and O–H groups in total. The number of hydrogen-bond acceptors (Lipinski definition) is 7. The van der Waals surface area contributed by atoms with Crippen molar-refractivity contribution in [2.45, 2.75) is 45.4 Å². The predicted molar refractivity (Wildman–Crippen MR) is 161 cm³/mol. The zero-order chi connectivity index (χ0) is 28.4. The van der Waals surface area contributed by atoms with E-state index in [2.05, 4.69) is 46.0 Å². The standard InChI is InChI=1S/C25H56N12O/c1-22(38)21-32-11-7-17-36(18-8-12-33-23(26)29-2)15-5-6-16-37(19-9-13-34-24(27)30-3)20-10-14-35-25(28)31-4/h32H,5-21H2,1-4H3,(H3,26,29,33)(H3,27,30,34)(H3,28,31,35). The van der Waals surface area contributed by atoms with Crippen LogP contribution in [0.5, 0.6) is 0 Å². The normalized spacial score (nSPS) is 12.8. The number of hydrogen-bond donors (Lipinski definition) is 7. The van der Waals surface area contributed by atoms with Crippen molar-refractivity contribution in [3.05, 3.63) is 0 Å². The van der Waals surface area contributed by atoms with Crippen molar-refractivity contribution in [2.24, 2.45) is 32.2 Å². The van der Waals surface area contributed by atoms with Gasteiger partial charge in [-0.3, -0.25) is 19.8 Å². The van der Waals surface area contributed by atoms with E-state index in [1.54, 1.807) is 28.1 Å². The lowest BCUT2D eigenvalue weighted by molar-refractivity contribution is -0.116. The van der Waals surface area contributed by atoms with Crippen molar-refractivity contribution >= 4 is 23.7 Å². The van der Waals surface area contributed by atoms with Crippen molar-refractivity contribution in [3.8, 4) is 0 Å². The Labute approximate surface area is 230 Å². The Hall–Kier alpha value is -2.64. The number of Topliss-reactive ketones (excluding diaryl/α,β-unsaturated/α-hetero) is 1. The van der Waals surface area contributed by atoms with E-state index in [9.17, 15) is 4.79 Å². The van der Waals surface area contributed by atoms with Crippen LogP contribution in [-0.4, -0.2) is 127 Å². The number of aliphatic imine (C=N–C) groups is 3. The van der Waals surface area contributed by atoms with E-state index in [1.807, 2.05) is 0 Å². The van der Waals surface area contributed by atoms with Gasteiger partial charge in [-0.05, 0) is 91.3 Å². The first-order valence-electron chi connectivity index (χ1n) is 13.9. The van der Waals surface area contributed by atoms with Crippen LogP contribution in [0.3, 0.4) is 0 Å². The number of nitrogens with one attached hydrogen (secondary N) is 4. The molecular formula is C25H56N12O. The van der Waals surface area contributed by atoms with Gasteiger partial charge in [-0.1, -0.05) is 0 Å². The quantitative estimate of drug-likeness (QED) is 0.0467. The summed E-state index contributed by atoms with van der Waals surface area (Å²) in [5.74, 6) is 1.60. The number of unbranched alkanes of at least 4 members (excludes halogenated alkanes) is 1. The summed E-state index contributed by atoms with van der Waals surface area (Å²) in [5, 5.41) is 12.6. The minimum atomic E-state index is 0.170. The fraction of sp³-hybridized carbons (Fsp3) is 0.840. The topological polar surface area (TPSA) is 187 Å². The summed E-state index contributed by atoms with van der Waals surface area (Å²) in [6.45, 7) is 11.4. The maximum Gasteiger partial charge on any atom is 0.188 e. The molecule has 0 fully saturated rings. The average molecular weight is 541 g/mol. The Kier molecular flexibility index (Phi) is 23.0. The Balaban J connectivity index is 4.59. The molecule has 13 nitrogen and oxygen atoms in total. The van der Waals surface area contributed by atoms with Crippen LogP contribution in [0.15, 0.2) is 15.0 Å². The van der Waals surface area contributed by atoms with Crippen LogP contribution >= 0.6 is 0 Å². The summed E-state index contributed by atoms with van der Waals surface area (Å²) in [7, 11) is 5.05. The number of nitrogens with zero attached hydrogens (tertiary/aromatic N) is 5. The highest BCUT2D eigenvalue weighted by Gasteiger charge is 2.08. The molecule has 0 rings (SSSR count). The van der Waals surface area contributed by atoms with Crippen LogP contribution in [0.2, 0.25) is 0 Å². The van der Waals surface area contributed by atoms with E-state index in [1.165, 1.54) is 0 Å². The van der Waals surface area contributed by atoms with Crippen molar-refractivity contribution in [1.82, 2.24) is 31.1 Å². The highest BCUT2D eigenvalue weighted by Crippen LogP contribution is 2.03. The number of guanidine groups is 3. The van der Waals surface area contributed by atoms with Crippen molar-refractivity contribution in [3.63, 3.8) is 0 Å². The van der Waals surface area contributed by atoms with Crippen LogP contribution in [0.4, 0.5) is 0 Å². The molecule has 0 aromatic carbocycles. The number of rotatable bonds is 23. The molecule has 13 heteroatoms. The van der Waals surface area contributed by atoms with E-state index >= 15 is 0 Å². The lowest BCUT2D eigenvalue weighted by Crippen LogP contribution is -2.37. The summed E-state index contributed by atoms with van der Waals surface area (Å²) < 4.78 is 0. The van der Waals surface area contributed by atoms with Crippen molar-refractivity contribution in [1.29, 1.82) is 0 Å². The van der Waals surface area contributed by atoms with E-state index in [0.29, 0.717) is 24.4 Å². The Morgan fingerprint density at radius 2 is 0.895 bits per heavy atom. The summed E-state index contributed by atoms with van der Waals surface area (Å²) >= 11 is 0. The van der Waals surface area contributed by atoms with Gasteiger partial charge in [-0.25, -0.2) is 0 Å². The molecule has 222 valence electrons. The van der Waals surface area contributed by atoms with Crippen LogP contribution in [-0.2, 0) is 4.79 Å². The van der Waals surface area contributed by atoms with Crippen LogP contribution in [0.25, 0.3) is 0 Å². The second-order valence-corrected chi connectivity index (χ2v) is 9.29. The molecule has 0 aliphatic rings. The van der Waals surface area contributed by atoms with Crippen LogP contribution in [0.1, 0.15) is 45.4 Å². The second kappa shape index (κ2) is 24.7. The van der Waals surface area contributed by atoms with Crippen LogP contribution in [0, 0.1) is 0 Å². The van der Waals surface area contributed by atoms with E-state index in [0.717, 1.165) is 104 Å². The fourth-order valence-corrected chi connectivity index (χ4v) is 3.83. The van der Waals surface area contributed by atoms with Crippen LogP contribution < -0.4 is 38.5 Å². The summed E-state index contributed by atoms with van der Waals surface area (Å²) in [6.07, 6.45) is 6.27. The number of ketones is 1. The van der Waals surface area contributed by atoms with E-state index in [4.69, 9.17) is 17.2 Å². The van der Waals surface area contributed by atoms with Crippen molar-refractivity contribution < 1.29 is 4.79 Å². The molecule has 0 aliphatic carbocycles. The van der Waals surface area contributed by atoms with Gasteiger partial charge in [0.25, 0.3) is 0 Å². The monoisotopic (exact) mass is 540 g/mol. The molecule has 0 radical (unpaired) electrons. The predicted octanol–water partition coefficient (Wildman–Crippen LogP) is -1.29. The number of nitrogens with two attached hydrogens (primary N) is 3. The summed E-state index contributed by atoms with van der Waals surface area (Å²) in [5.41, 5.74) is 17.2. The summed E-state index contributed by atoms with van der Waals surface area (Å²) in [4.78, 5) is 28.0. The maximum absolute atomic E-state index is 11.1. The molecule has 0 aliphatic heterocycles. The molecular weight excluding hydrogens is 484 g/mol. The molecule has 0 heterocycles. The molecule has 0 spiro atoms. The molecule has 0 atom stereocenters. The first-order chi connectivity index (χ1) is 18.3. The largest absolute Gasteiger partial charge is 0.370 e. The molecule has 0 unspecified atom stereocenters. The molecule has 0 saturated carbocycles. The molecule has 0 aromatic rings. The molecule has 0 saturated heterocycles. The third-order valence-corrected chi connectivity index (χ3v) is 5.99. The van der Waals surface area contributed by atoms with Gasteiger partial charge in [0, 0.05) is 40.8 Å². The molecule has 0 aromatic heterocycles.